The Kier molecular flexibility index (Phi) is 4.93. The molecule has 0 aliphatic heterocycles. The fourth-order valence-electron chi connectivity index (χ4n) is 2.45. The van der Waals surface area contributed by atoms with Crippen LogP contribution in [-0.4, -0.2) is 10.9 Å². The minimum absolute atomic E-state index is 0.274. The number of halogens is 2. The fourth-order valence-corrected chi connectivity index (χ4v) is 2.93. The molecule has 0 saturated heterocycles. The Balaban J connectivity index is 1.78. The number of rotatable bonds is 3. The lowest BCUT2D eigenvalue weighted by atomic mass is 10.1. The van der Waals surface area contributed by atoms with E-state index in [-0.39, 0.29) is 5.91 Å². The van der Waals surface area contributed by atoms with Gasteiger partial charge in [-0.05, 0) is 55.0 Å². The third-order valence-electron chi connectivity index (χ3n) is 3.61. The molecule has 0 aliphatic carbocycles. The highest BCUT2D eigenvalue weighted by molar-refractivity contribution is 6.35. The van der Waals surface area contributed by atoms with Gasteiger partial charge in [-0.15, -0.1) is 0 Å². The SMILES string of the molecule is Cc1cc(N)c2cc(NC(=O)C=Cc3ccc(Cl)cc3Cl)ccc2n1. The number of aryl methyl sites for hydroxylation is 1. The lowest BCUT2D eigenvalue weighted by Crippen LogP contribution is -2.07. The maximum Gasteiger partial charge on any atom is 0.248 e. The largest absolute Gasteiger partial charge is 0.398 e. The minimum Gasteiger partial charge on any atom is -0.398 e. The van der Waals surface area contributed by atoms with Crippen LogP contribution in [0.3, 0.4) is 0 Å². The summed E-state index contributed by atoms with van der Waals surface area (Å²) in [6.45, 7) is 1.89. The second-order valence-corrected chi connectivity index (χ2v) is 6.42. The third kappa shape index (κ3) is 4.10. The van der Waals surface area contributed by atoms with Gasteiger partial charge in [0.15, 0.2) is 0 Å². The van der Waals surface area contributed by atoms with E-state index < -0.39 is 0 Å². The zero-order valence-corrected chi connectivity index (χ0v) is 14.9. The van der Waals surface area contributed by atoms with Crippen LogP contribution in [0.1, 0.15) is 11.3 Å². The molecular weight excluding hydrogens is 357 g/mol. The number of anilines is 2. The first-order valence-corrected chi connectivity index (χ1v) is 8.29. The Morgan fingerprint density at radius 2 is 1.96 bits per heavy atom. The van der Waals surface area contributed by atoms with Crippen LogP contribution in [0.2, 0.25) is 10.0 Å². The smallest absolute Gasteiger partial charge is 0.248 e. The van der Waals surface area contributed by atoms with Crippen LogP contribution < -0.4 is 11.1 Å². The van der Waals surface area contributed by atoms with Gasteiger partial charge in [-0.1, -0.05) is 29.3 Å². The van der Waals surface area contributed by atoms with E-state index in [1.807, 2.05) is 13.0 Å². The lowest BCUT2D eigenvalue weighted by Gasteiger charge is -2.07. The number of nitrogens with one attached hydrogen (secondary N) is 1. The summed E-state index contributed by atoms with van der Waals surface area (Å²) in [5, 5.41) is 4.63. The van der Waals surface area contributed by atoms with Crippen LogP contribution in [0.25, 0.3) is 17.0 Å². The molecule has 3 N–H and O–H groups in total. The average molecular weight is 372 g/mol. The van der Waals surface area contributed by atoms with Crippen molar-refractivity contribution >= 4 is 57.5 Å². The van der Waals surface area contributed by atoms with E-state index in [2.05, 4.69) is 10.3 Å². The van der Waals surface area contributed by atoms with Gasteiger partial charge in [-0.2, -0.15) is 0 Å². The van der Waals surface area contributed by atoms with Crippen molar-refractivity contribution in [2.45, 2.75) is 6.92 Å². The molecule has 0 atom stereocenters. The summed E-state index contributed by atoms with van der Waals surface area (Å²) in [7, 11) is 0. The standard InChI is InChI=1S/C19H15Cl2N3O/c1-11-8-17(22)15-10-14(5-6-18(15)23-11)24-19(25)7-3-12-2-4-13(20)9-16(12)21/h2-10H,1H3,(H2,22,23)(H,24,25). The van der Waals surface area contributed by atoms with Crippen molar-refractivity contribution in [1.82, 2.24) is 4.98 Å². The molecule has 1 amide bonds. The molecule has 3 aromatic rings. The molecule has 0 saturated carbocycles. The zero-order chi connectivity index (χ0) is 18.0. The Bertz CT molecular complexity index is 999. The molecule has 3 rings (SSSR count). The molecule has 6 heteroatoms. The number of fused-ring (bicyclic) bond motifs is 1. The zero-order valence-electron chi connectivity index (χ0n) is 13.4. The summed E-state index contributed by atoms with van der Waals surface area (Å²) in [5.41, 5.74) is 9.65. The number of nitrogen functional groups attached to an aromatic ring is 1. The van der Waals surface area contributed by atoms with Crippen LogP contribution in [0.15, 0.2) is 48.5 Å². The van der Waals surface area contributed by atoms with E-state index in [4.69, 9.17) is 28.9 Å². The highest BCUT2D eigenvalue weighted by Gasteiger charge is 2.05. The summed E-state index contributed by atoms with van der Waals surface area (Å²) in [5.74, 6) is -0.274. The number of amides is 1. The molecule has 0 spiro atoms. The van der Waals surface area contributed by atoms with E-state index in [1.165, 1.54) is 6.08 Å². The number of benzene rings is 2. The van der Waals surface area contributed by atoms with Crippen molar-refractivity contribution in [1.29, 1.82) is 0 Å². The van der Waals surface area contributed by atoms with Crippen LogP contribution in [-0.2, 0) is 4.79 Å². The molecule has 2 aromatic carbocycles. The van der Waals surface area contributed by atoms with Crippen LogP contribution in [0, 0.1) is 6.92 Å². The molecule has 1 aromatic heterocycles. The predicted octanol–water partition coefficient (Wildman–Crippen LogP) is 5.08. The van der Waals surface area contributed by atoms with Gasteiger partial charge in [0.1, 0.15) is 0 Å². The molecule has 0 radical (unpaired) electrons. The summed E-state index contributed by atoms with van der Waals surface area (Å²) < 4.78 is 0. The third-order valence-corrected chi connectivity index (χ3v) is 4.18. The molecule has 1 heterocycles. The van der Waals surface area contributed by atoms with Gasteiger partial charge in [0.25, 0.3) is 0 Å². The monoisotopic (exact) mass is 371 g/mol. The van der Waals surface area contributed by atoms with E-state index in [9.17, 15) is 4.79 Å². The number of nitrogens with two attached hydrogens (primary N) is 1. The number of carbonyl (C=O) groups excluding carboxylic acids is 1. The Labute approximate surface area is 155 Å². The van der Waals surface area contributed by atoms with Gasteiger partial charge in [-0.3, -0.25) is 9.78 Å². The van der Waals surface area contributed by atoms with Crippen molar-refractivity contribution in [2.24, 2.45) is 0 Å². The molecule has 126 valence electrons. The number of carbonyl (C=O) groups is 1. The topological polar surface area (TPSA) is 68.0 Å². The van der Waals surface area contributed by atoms with Crippen LogP contribution >= 0.6 is 23.2 Å². The molecule has 4 nitrogen and oxygen atoms in total. The summed E-state index contributed by atoms with van der Waals surface area (Å²) in [4.78, 5) is 16.5. The minimum atomic E-state index is -0.274. The molecular formula is C19H15Cl2N3O. The average Bonchev–Trinajstić information content (AvgIpc) is 2.54. The predicted molar refractivity (Wildman–Crippen MR) is 105 cm³/mol. The first-order valence-electron chi connectivity index (χ1n) is 7.53. The van der Waals surface area contributed by atoms with Gasteiger partial charge >= 0.3 is 0 Å². The Morgan fingerprint density at radius 3 is 2.72 bits per heavy atom. The van der Waals surface area contributed by atoms with Gasteiger partial charge in [-0.25, -0.2) is 0 Å². The summed E-state index contributed by atoms with van der Waals surface area (Å²) in [6.07, 6.45) is 3.05. The van der Waals surface area contributed by atoms with E-state index in [0.29, 0.717) is 27.0 Å². The number of pyridine rings is 1. The maximum atomic E-state index is 12.1. The Hall–Kier alpha value is -2.56. The highest BCUT2D eigenvalue weighted by atomic mass is 35.5. The van der Waals surface area contributed by atoms with E-state index >= 15 is 0 Å². The van der Waals surface area contributed by atoms with Crippen molar-refractivity contribution < 1.29 is 4.79 Å². The highest BCUT2D eigenvalue weighted by Crippen LogP contribution is 2.24. The van der Waals surface area contributed by atoms with E-state index in [0.717, 1.165) is 16.6 Å². The van der Waals surface area contributed by atoms with Crippen molar-refractivity contribution in [2.75, 3.05) is 11.1 Å². The molecule has 0 unspecified atom stereocenters. The summed E-state index contributed by atoms with van der Waals surface area (Å²) >= 11 is 11.9. The first-order chi connectivity index (χ1) is 11.9. The number of hydrogen-bond acceptors (Lipinski definition) is 3. The van der Waals surface area contributed by atoms with Crippen molar-refractivity contribution in [3.8, 4) is 0 Å². The van der Waals surface area contributed by atoms with Gasteiger partial charge < -0.3 is 11.1 Å². The normalized spacial score (nSPS) is 11.2. The number of nitrogens with zero attached hydrogens (tertiary/aromatic N) is 1. The molecule has 0 fully saturated rings. The van der Waals surface area contributed by atoms with Crippen molar-refractivity contribution in [3.05, 3.63) is 69.8 Å². The fraction of sp³-hybridized carbons (Fsp3) is 0.0526. The molecule has 0 bridgehead atoms. The maximum absolute atomic E-state index is 12.1. The second kappa shape index (κ2) is 7.13. The quantitative estimate of drug-likeness (QED) is 0.630. The van der Waals surface area contributed by atoms with Crippen molar-refractivity contribution in [3.63, 3.8) is 0 Å². The second-order valence-electron chi connectivity index (χ2n) is 5.57. The van der Waals surface area contributed by atoms with E-state index in [1.54, 1.807) is 42.5 Å². The molecule has 25 heavy (non-hydrogen) atoms. The van der Waals surface area contributed by atoms with Crippen LogP contribution in [0.5, 0.6) is 0 Å². The lowest BCUT2D eigenvalue weighted by molar-refractivity contribution is -0.111. The number of aromatic nitrogens is 1. The van der Waals surface area contributed by atoms with Crippen LogP contribution in [0.4, 0.5) is 11.4 Å². The summed E-state index contributed by atoms with van der Waals surface area (Å²) in [6, 6.07) is 12.3. The Morgan fingerprint density at radius 1 is 1.16 bits per heavy atom. The first kappa shape index (κ1) is 17.3. The number of hydrogen-bond donors (Lipinski definition) is 2. The van der Waals surface area contributed by atoms with Gasteiger partial charge in [0, 0.05) is 38.6 Å². The molecule has 0 aliphatic rings. The van der Waals surface area contributed by atoms with Gasteiger partial charge in [0.05, 0.1) is 5.52 Å². The van der Waals surface area contributed by atoms with Gasteiger partial charge in [0.2, 0.25) is 5.91 Å².